The van der Waals surface area contributed by atoms with Crippen LogP contribution in [0.3, 0.4) is 0 Å². The van der Waals surface area contributed by atoms with E-state index in [2.05, 4.69) is 9.97 Å². The van der Waals surface area contributed by atoms with Gasteiger partial charge in [0.1, 0.15) is 0 Å². The maximum absolute atomic E-state index is 12.4. The molecule has 0 unspecified atom stereocenters. The van der Waals surface area contributed by atoms with Gasteiger partial charge in [-0.3, -0.25) is 9.59 Å². The Morgan fingerprint density at radius 3 is 3.04 bits per heavy atom. The summed E-state index contributed by atoms with van der Waals surface area (Å²) in [6.07, 6.45) is 10.6. The molecule has 0 bridgehead atoms. The van der Waals surface area contributed by atoms with E-state index in [1.807, 2.05) is 22.3 Å². The van der Waals surface area contributed by atoms with Crippen molar-refractivity contribution in [3.05, 3.63) is 18.2 Å². The lowest BCUT2D eigenvalue weighted by Gasteiger charge is -2.48. The number of rotatable bonds is 6. The highest BCUT2D eigenvalue weighted by molar-refractivity contribution is 7.98. The summed E-state index contributed by atoms with van der Waals surface area (Å²) in [6, 6.07) is 0. The third-order valence-electron chi connectivity index (χ3n) is 5.49. The molecular weight excluding hydrogens is 336 g/mol. The number of nitrogens with one attached hydrogen (secondary N) is 1. The zero-order valence-corrected chi connectivity index (χ0v) is 15.8. The van der Waals surface area contributed by atoms with Gasteiger partial charge >= 0.3 is 0 Å². The molecule has 1 N–H and O–H groups in total. The minimum Gasteiger partial charge on any atom is -0.348 e. The van der Waals surface area contributed by atoms with Crippen LogP contribution in [0.5, 0.6) is 0 Å². The van der Waals surface area contributed by atoms with Crippen molar-refractivity contribution in [2.24, 2.45) is 5.41 Å². The summed E-state index contributed by atoms with van der Waals surface area (Å²) in [5, 5.41) is 0. The molecule has 2 saturated heterocycles. The third-order valence-corrected chi connectivity index (χ3v) is 6.10. The van der Waals surface area contributed by atoms with Crippen LogP contribution in [0.15, 0.2) is 12.5 Å². The molecule has 0 saturated carbocycles. The fourth-order valence-electron chi connectivity index (χ4n) is 4.08. The predicted octanol–water partition coefficient (Wildman–Crippen LogP) is 1.94. The zero-order valence-electron chi connectivity index (χ0n) is 15.0. The second-order valence-electron chi connectivity index (χ2n) is 7.30. The number of nitrogens with zero attached hydrogens (tertiary/aromatic N) is 3. The molecular formula is C18H28N4O2S. The standard InChI is InChI=1S/C18H28N4O2S/c1-25-10-5-17(24)21-8-2-6-18(12-21)7-3-16(23)22(13-18)9-4-15-11-19-14-20-15/h11,14H,2-10,12-13H2,1H3,(H,19,20)/t18-/m1/s1. The minimum atomic E-state index is 0.0924. The maximum Gasteiger partial charge on any atom is 0.223 e. The van der Waals surface area contributed by atoms with Gasteiger partial charge in [0.05, 0.1) is 6.33 Å². The summed E-state index contributed by atoms with van der Waals surface area (Å²) in [7, 11) is 0. The molecule has 1 spiro atoms. The maximum atomic E-state index is 12.4. The van der Waals surface area contributed by atoms with Crippen LogP contribution in [0.4, 0.5) is 0 Å². The predicted molar refractivity (Wildman–Crippen MR) is 99.4 cm³/mol. The van der Waals surface area contributed by atoms with Gasteiger partial charge in [0, 0.05) is 68.5 Å². The van der Waals surface area contributed by atoms with Gasteiger partial charge in [0.2, 0.25) is 11.8 Å². The largest absolute Gasteiger partial charge is 0.348 e. The Bertz CT molecular complexity index is 592. The van der Waals surface area contributed by atoms with E-state index >= 15 is 0 Å². The van der Waals surface area contributed by atoms with Gasteiger partial charge < -0.3 is 14.8 Å². The van der Waals surface area contributed by atoms with Crippen LogP contribution >= 0.6 is 11.8 Å². The number of likely N-dealkylation sites (tertiary alicyclic amines) is 2. The summed E-state index contributed by atoms with van der Waals surface area (Å²) in [6.45, 7) is 3.20. The fraction of sp³-hybridized carbons (Fsp3) is 0.722. The number of H-pyrrole nitrogens is 1. The summed E-state index contributed by atoms with van der Waals surface area (Å²) in [4.78, 5) is 36.0. The van der Waals surface area contributed by atoms with Gasteiger partial charge in [-0.25, -0.2) is 4.98 Å². The smallest absolute Gasteiger partial charge is 0.223 e. The van der Waals surface area contributed by atoms with Crippen molar-refractivity contribution in [2.45, 2.75) is 38.5 Å². The van der Waals surface area contributed by atoms with Crippen molar-refractivity contribution in [3.63, 3.8) is 0 Å². The van der Waals surface area contributed by atoms with Gasteiger partial charge in [-0.1, -0.05) is 0 Å². The highest BCUT2D eigenvalue weighted by Gasteiger charge is 2.42. The Labute approximate surface area is 153 Å². The number of hydrogen-bond acceptors (Lipinski definition) is 4. The molecule has 1 aromatic rings. The van der Waals surface area contributed by atoms with E-state index in [1.165, 1.54) is 0 Å². The fourth-order valence-corrected chi connectivity index (χ4v) is 4.46. The Kier molecular flexibility index (Phi) is 6.04. The summed E-state index contributed by atoms with van der Waals surface area (Å²) in [5.74, 6) is 1.40. The molecule has 0 radical (unpaired) electrons. The Hall–Kier alpha value is -1.50. The van der Waals surface area contributed by atoms with Crippen LogP contribution in [0.2, 0.25) is 0 Å². The number of aromatic nitrogens is 2. The Morgan fingerprint density at radius 1 is 1.40 bits per heavy atom. The topological polar surface area (TPSA) is 69.3 Å². The lowest BCUT2D eigenvalue weighted by atomic mass is 9.73. The molecule has 0 aromatic carbocycles. The number of amides is 2. The normalized spacial score (nSPS) is 24.1. The second-order valence-corrected chi connectivity index (χ2v) is 8.29. The molecule has 1 aromatic heterocycles. The van der Waals surface area contributed by atoms with Gasteiger partial charge in [-0.05, 0) is 25.5 Å². The van der Waals surface area contributed by atoms with Crippen molar-refractivity contribution < 1.29 is 9.59 Å². The molecule has 2 amide bonds. The van der Waals surface area contributed by atoms with Crippen molar-refractivity contribution in [3.8, 4) is 0 Å². The minimum absolute atomic E-state index is 0.0924. The first-order valence-corrected chi connectivity index (χ1v) is 10.5. The molecule has 0 aliphatic carbocycles. The van der Waals surface area contributed by atoms with Crippen molar-refractivity contribution in [2.75, 3.05) is 38.2 Å². The number of imidazole rings is 1. The Morgan fingerprint density at radius 2 is 2.28 bits per heavy atom. The second kappa shape index (κ2) is 8.25. The van der Waals surface area contributed by atoms with Gasteiger partial charge in [0.15, 0.2) is 0 Å². The highest BCUT2D eigenvalue weighted by atomic mass is 32.2. The summed E-state index contributed by atoms with van der Waals surface area (Å²) >= 11 is 1.72. The molecule has 25 heavy (non-hydrogen) atoms. The lowest BCUT2D eigenvalue weighted by molar-refractivity contribution is -0.142. The molecule has 2 aliphatic heterocycles. The average Bonchev–Trinajstić information content (AvgIpc) is 3.14. The molecule has 3 heterocycles. The van der Waals surface area contributed by atoms with E-state index in [9.17, 15) is 9.59 Å². The number of carbonyl (C=O) groups is 2. The van der Waals surface area contributed by atoms with Crippen molar-refractivity contribution >= 4 is 23.6 Å². The first-order chi connectivity index (χ1) is 12.1. The molecule has 6 nitrogen and oxygen atoms in total. The summed E-state index contributed by atoms with van der Waals surface area (Å²) < 4.78 is 0. The van der Waals surface area contributed by atoms with Crippen LogP contribution in [-0.2, 0) is 16.0 Å². The third kappa shape index (κ3) is 4.57. The van der Waals surface area contributed by atoms with E-state index in [4.69, 9.17) is 0 Å². The van der Waals surface area contributed by atoms with Gasteiger partial charge in [-0.15, -0.1) is 0 Å². The molecule has 7 heteroatoms. The molecule has 138 valence electrons. The van der Waals surface area contributed by atoms with Gasteiger partial charge in [-0.2, -0.15) is 11.8 Å². The summed E-state index contributed by atoms with van der Waals surface area (Å²) in [5.41, 5.74) is 1.15. The van der Waals surface area contributed by atoms with Gasteiger partial charge in [0.25, 0.3) is 0 Å². The SMILES string of the molecule is CSCCC(=O)N1CCC[C@@]2(CCC(=O)N(CCc3cnc[nH]3)C2)C1. The monoisotopic (exact) mass is 364 g/mol. The molecule has 2 fully saturated rings. The van der Waals surface area contributed by atoms with Crippen LogP contribution in [-0.4, -0.2) is 69.8 Å². The molecule has 2 aliphatic rings. The highest BCUT2D eigenvalue weighted by Crippen LogP contribution is 2.39. The van der Waals surface area contributed by atoms with Crippen LogP contribution < -0.4 is 0 Å². The lowest BCUT2D eigenvalue weighted by Crippen LogP contribution is -2.55. The van der Waals surface area contributed by atoms with E-state index in [-0.39, 0.29) is 17.2 Å². The average molecular weight is 365 g/mol. The van der Waals surface area contributed by atoms with Crippen molar-refractivity contribution in [1.82, 2.24) is 19.8 Å². The number of piperidine rings is 2. The van der Waals surface area contributed by atoms with E-state index in [0.717, 1.165) is 63.3 Å². The first-order valence-electron chi connectivity index (χ1n) is 9.14. The Balaban J connectivity index is 1.60. The van der Waals surface area contributed by atoms with Crippen LogP contribution in [0, 0.1) is 5.41 Å². The van der Waals surface area contributed by atoms with E-state index < -0.39 is 0 Å². The molecule has 1 atom stereocenters. The van der Waals surface area contributed by atoms with E-state index in [0.29, 0.717) is 12.8 Å². The van der Waals surface area contributed by atoms with E-state index in [1.54, 1.807) is 18.1 Å². The number of thioether (sulfide) groups is 1. The van der Waals surface area contributed by atoms with Crippen LogP contribution in [0.25, 0.3) is 0 Å². The van der Waals surface area contributed by atoms with Crippen molar-refractivity contribution in [1.29, 1.82) is 0 Å². The zero-order chi connectivity index (χ0) is 17.7. The van der Waals surface area contributed by atoms with Crippen LogP contribution in [0.1, 0.15) is 37.8 Å². The number of aromatic amines is 1. The first kappa shape index (κ1) is 18.3. The number of hydrogen-bond donors (Lipinski definition) is 1. The quantitative estimate of drug-likeness (QED) is 0.837. The number of carbonyl (C=O) groups excluding carboxylic acids is 2. The molecule has 3 rings (SSSR count).